The Labute approximate surface area is 162 Å². The molecular formula is C18H18N4OS3. The summed E-state index contributed by atoms with van der Waals surface area (Å²) in [5, 5.41) is 7.29. The highest BCUT2D eigenvalue weighted by Gasteiger charge is 2.25. The molecular weight excluding hydrogens is 384 g/mol. The van der Waals surface area contributed by atoms with E-state index in [0.29, 0.717) is 6.54 Å². The number of hydrogen-bond acceptors (Lipinski definition) is 6. The van der Waals surface area contributed by atoms with Crippen LogP contribution in [0.5, 0.6) is 0 Å². The van der Waals surface area contributed by atoms with Crippen LogP contribution in [0.4, 0.5) is 0 Å². The minimum absolute atomic E-state index is 0.00210. The number of nitrogens with one attached hydrogen (secondary N) is 1. The molecule has 0 radical (unpaired) electrons. The largest absolute Gasteiger partial charge is 0.349 e. The van der Waals surface area contributed by atoms with Gasteiger partial charge in [-0.3, -0.25) is 14.1 Å². The fourth-order valence-corrected chi connectivity index (χ4v) is 6.16. The Balaban J connectivity index is 1.34. The maximum absolute atomic E-state index is 12.7. The number of thiophene rings is 2. The monoisotopic (exact) mass is 402 g/mol. The fraction of sp³-hybridized carbons (Fsp3) is 0.333. The molecule has 0 spiro atoms. The number of nitrogens with zero attached hydrogens (tertiary/aromatic N) is 3. The number of hydrogen-bond donors (Lipinski definition) is 1. The first-order valence-electron chi connectivity index (χ1n) is 8.70. The molecule has 1 unspecified atom stereocenters. The van der Waals surface area contributed by atoms with Gasteiger partial charge in [-0.25, -0.2) is 4.98 Å². The zero-order valence-corrected chi connectivity index (χ0v) is 16.5. The Morgan fingerprint density at radius 2 is 2.15 bits per heavy atom. The number of thiazole rings is 1. The van der Waals surface area contributed by atoms with Gasteiger partial charge in [-0.1, -0.05) is 6.07 Å². The van der Waals surface area contributed by atoms with Gasteiger partial charge in [-0.15, -0.1) is 34.0 Å². The summed E-state index contributed by atoms with van der Waals surface area (Å²) in [6, 6.07) is 6.49. The van der Waals surface area contributed by atoms with Gasteiger partial charge in [-0.05, 0) is 43.4 Å². The fourth-order valence-electron chi connectivity index (χ4n) is 3.58. The lowest BCUT2D eigenvalue weighted by Crippen LogP contribution is -2.36. The van der Waals surface area contributed by atoms with E-state index in [9.17, 15) is 4.79 Å². The molecule has 1 aliphatic heterocycles. The van der Waals surface area contributed by atoms with Crippen molar-refractivity contribution in [3.8, 4) is 0 Å². The van der Waals surface area contributed by atoms with Gasteiger partial charge < -0.3 is 5.32 Å². The third-order valence-corrected chi connectivity index (χ3v) is 7.62. The number of likely N-dealkylation sites (tertiary alicyclic amines) is 1. The maximum Gasteiger partial charge on any atom is 0.261 e. The number of carbonyl (C=O) groups is 1. The molecule has 1 amide bonds. The van der Waals surface area contributed by atoms with E-state index in [0.717, 1.165) is 33.3 Å². The number of amides is 1. The van der Waals surface area contributed by atoms with Crippen molar-refractivity contribution in [2.24, 2.45) is 0 Å². The molecule has 4 aromatic rings. The van der Waals surface area contributed by atoms with Crippen LogP contribution in [0.25, 0.3) is 15.3 Å². The van der Waals surface area contributed by atoms with E-state index in [2.05, 4.69) is 32.7 Å². The van der Waals surface area contributed by atoms with E-state index >= 15 is 0 Å². The maximum atomic E-state index is 12.7. The van der Waals surface area contributed by atoms with Crippen molar-refractivity contribution in [3.05, 3.63) is 44.9 Å². The summed E-state index contributed by atoms with van der Waals surface area (Å²) in [5.74, 6) is -0.00210. The molecule has 1 atom stereocenters. The van der Waals surface area contributed by atoms with Crippen molar-refractivity contribution in [2.45, 2.75) is 18.9 Å². The molecule has 5 rings (SSSR count). The summed E-state index contributed by atoms with van der Waals surface area (Å²) < 4.78 is 2.05. The van der Waals surface area contributed by atoms with Gasteiger partial charge in [0.15, 0.2) is 4.96 Å². The molecule has 0 bridgehead atoms. The summed E-state index contributed by atoms with van der Waals surface area (Å²) in [4.78, 5) is 23.8. The Morgan fingerprint density at radius 1 is 1.27 bits per heavy atom. The molecule has 5 heterocycles. The Morgan fingerprint density at radius 3 is 2.96 bits per heavy atom. The molecule has 26 heavy (non-hydrogen) atoms. The second-order valence-corrected chi connectivity index (χ2v) is 9.34. The van der Waals surface area contributed by atoms with E-state index in [1.807, 2.05) is 22.0 Å². The van der Waals surface area contributed by atoms with Crippen LogP contribution in [0.2, 0.25) is 0 Å². The van der Waals surface area contributed by atoms with Crippen molar-refractivity contribution in [2.75, 3.05) is 19.6 Å². The molecule has 0 saturated carbocycles. The highest BCUT2D eigenvalue weighted by atomic mass is 32.1. The third kappa shape index (κ3) is 2.87. The summed E-state index contributed by atoms with van der Waals surface area (Å²) in [6.45, 7) is 2.88. The van der Waals surface area contributed by atoms with Crippen LogP contribution in [-0.2, 0) is 0 Å². The van der Waals surface area contributed by atoms with Crippen LogP contribution in [0.1, 0.15) is 33.4 Å². The molecule has 0 aliphatic carbocycles. The topological polar surface area (TPSA) is 49.6 Å². The molecule has 134 valence electrons. The Hall–Kier alpha value is -1.74. The van der Waals surface area contributed by atoms with Crippen LogP contribution in [0.15, 0.2) is 35.2 Å². The lowest BCUT2D eigenvalue weighted by atomic mass is 10.2. The summed E-state index contributed by atoms with van der Waals surface area (Å²) >= 11 is 4.85. The van der Waals surface area contributed by atoms with Gasteiger partial charge in [0.05, 0.1) is 16.4 Å². The Kier molecular flexibility index (Phi) is 4.28. The minimum atomic E-state index is -0.00210. The third-order valence-electron chi connectivity index (χ3n) is 4.87. The van der Waals surface area contributed by atoms with Crippen molar-refractivity contribution < 1.29 is 4.79 Å². The average molecular weight is 403 g/mol. The van der Waals surface area contributed by atoms with Crippen LogP contribution in [-0.4, -0.2) is 39.8 Å². The van der Waals surface area contributed by atoms with E-state index < -0.39 is 0 Å². The highest BCUT2D eigenvalue weighted by molar-refractivity contribution is 7.21. The van der Waals surface area contributed by atoms with E-state index in [1.54, 1.807) is 22.7 Å². The van der Waals surface area contributed by atoms with Gasteiger partial charge in [0.1, 0.15) is 4.83 Å². The smallest absolute Gasteiger partial charge is 0.261 e. The molecule has 1 saturated heterocycles. The molecule has 4 aromatic heterocycles. The number of imidazole rings is 1. The first-order chi connectivity index (χ1) is 12.8. The predicted molar refractivity (Wildman–Crippen MR) is 109 cm³/mol. The van der Waals surface area contributed by atoms with Crippen molar-refractivity contribution >= 4 is 55.2 Å². The van der Waals surface area contributed by atoms with Crippen LogP contribution >= 0.6 is 34.0 Å². The van der Waals surface area contributed by atoms with Crippen molar-refractivity contribution in [3.63, 3.8) is 0 Å². The van der Waals surface area contributed by atoms with Crippen LogP contribution in [0.3, 0.4) is 0 Å². The van der Waals surface area contributed by atoms with Gasteiger partial charge in [-0.2, -0.15) is 0 Å². The Bertz CT molecular complexity index is 1040. The predicted octanol–water partition coefficient (Wildman–Crippen LogP) is 4.24. The minimum Gasteiger partial charge on any atom is -0.349 e. The van der Waals surface area contributed by atoms with Gasteiger partial charge in [0.2, 0.25) is 0 Å². The van der Waals surface area contributed by atoms with Crippen LogP contribution in [0, 0.1) is 0 Å². The lowest BCUT2D eigenvalue weighted by Gasteiger charge is -2.26. The molecule has 1 fully saturated rings. The molecule has 1 N–H and O–H groups in total. The van der Waals surface area contributed by atoms with Crippen LogP contribution < -0.4 is 5.32 Å². The molecule has 8 heteroatoms. The van der Waals surface area contributed by atoms with Crippen molar-refractivity contribution in [1.29, 1.82) is 0 Å². The highest BCUT2D eigenvalue weighted by Crippen LogP contribution is 2.30. The molecule has 5 nitrogen and oxygen atoms in total. The zero-order chi connectivity index (χ0) is 17.5. The van der Waals surface area contributed by atoms with E-state index in [-0.39, 0.29) is 11.9 Å². The summed E-state index contributed by atoms with van der Waals surface area (Å²) in [5.41, 5.74) is 1.02. The van der Waals surface area contributed by atoms with Gasteiger partial charge >= 0.3 is 0 Å². The summed E-state index contributed by atoms with van der Waals surface area (Å²) in [6.07, 6.45) is 4.49. The first-order valence-corrected chi connectivity index (χ1v) is 11.3. The van der Waals surface area contributed by atoms with Gasteiger partial charge in [0.25, 0.3) is 5.91 Å². The standard InChI is InChI=1S/C18H18N4OS3/c23-16(15-10-12-17(26-15)20-18-22(12)7-9-25-18)19-11-13(14-4-3-8-24-14)21-5-1-2-6-21/h3-4,7-10,13H,1-2,5-6,11H2,(H,19,23). The zero-order valence-electron chi connectivity index (χ0n) is 14.1. The second kappa shape index (κ2) is 6.77. The number of rotatable bonds is 5. The first kappa shape index (κ1) is 16.4. The second-order valence-electron chi connectivity index (χ2n) is 6.45. The van der Waals surface area contributed by atoms with Crippen molar-refractivity contribution in [1.82, 2.24) is 19.6 Å². The molecule has 1 aliphatic rings. The number of carbonyl (C=O) groups excluding carboxylic acids is 1. The molecule has 0 aromatic carbocycles. The van der Waals surface area contributed by atoms with Gasteiger partial charge in [0, 0.05) is 23.0 Å². The summed E-state index contributed by atoms with van der Waals surface area (Å²) in [7, 11) is 0. The van der Waals surface area contributed by atoms with E-state index in [4.69, 9.17) is 0 Å². The SMILES string of the molecule is O=C(NCC(c1cccs1)N1CCCC1)c1cc2c(nc3sccn32)s1. The normalized spacial score (nSPS) is 16.6. The van der Waals surface area contributed by atoms with E-state index in [1.165, 1.54) is 29.1 Å². The quantitative estimate of drug-likeness (QED) is 0.543. The average Bonchev–Trinajstić information content (AvgIpc) is 3.41. The number of fused-ring (bicyclic) bond motifs is 3. The lowest BCUT2D eigenvalue weighted by molar-refractivity contribution is 0.0942. The number of aromatic nitrogens is 2.